The van der Waals surface area contributed by atoms with Crippen LogP contribution in [0.2, 0.25) is 0 Å². The summed E-state index contributed by atoms with van der Waals surface area (Å²) in [7, 11) is -3.32. The number of nitrogens with zero attached hydrogens (tertiary/aromatic N) is 2. The van der Waals surface area contributed by atoms with Crippen LogP contribution in [0.4, 0.5) is 0 Å². The highest BCUT2D eigenvalue weighted by Gasteiger charge is 2.37. The van der Waals surface area contributed by atoms with Crippen molar-refractivity contribution in [3.8, 4) is 0 Å². The van der Waals surface area contributed by atoms with Crippen LogP contribution < -0.4 is 0 Å². The molecule has 0 radical (unpaired) electrons. The Morgan fingerprint density at radius 1 is 0.947 bits per heavy atom. The maximum atomic E-state index is 12.7. The van der Waals surface area contributed by atoms with Gasteiger partial charge < -0.3 is 0 Å². The summed E-state index contributed by atoms with van der Waals surface area (Å²) in [5, 5.41) is -0.274. The van der Waals surface area contributed by atoms with Crippen molar-refractivity contribution >= 4 is 16.1 Å². The molecule has 0 spiro atoms. The van der Waals surface area contributed by atoms with E-state index in [1.165, 1.54) is 10.4 Å². The van der Waals surface area contributed by atoms with E-state index in [2.05, 4.69) is 4.99 Å². The molecule has 1 heterocycles. The molecule has 1 unspecified atom stereocenters. The second-order valence-electron chi connectivity index (χ2n) is 5.47. The molecule has 1 atom stereocenters. The van der Waals surface area contributed by atoms with Crippen LogP contribution in [0.1, 0.15) is 57.8 Å². The van der Waals surface area contributed by atoms with Gasteiger partial charge in [0.2, 0.25) is 16.1 Å². The van der Waals surface area contributed by atoms with Crippen LogP contribution in [0, 0.1) is 0 Å². The second kappa shape index (κ2) is 6.64. The molecule has 1 aliphatic heterocycles. The molecule has 19 heavy (non-hydrogen) atoms. The first kappa shape index (κ1) is 14.7. The van der Waals surface area contributed by atoms with Gasteiger partial charge in [-0.15, -0.1) is 0 Å². The average molecular weight is 286 g/mol. The van der Waals surface area contributed by atoms with E-state index in [4.69, 9.17) is 0 Å². The summed E-state index contributed by atoms with van der Waals surface area (Å²) in [5.41, 5.74) is 0. The van der Waals surface area contributed by atoms with Crippen LogP contribution in [0.3, 0.4) is 0 Å². The lowest BCUT2D eigenvalue weighted by Crippen LogP contribution is -2.44. The molecular weight excluding hydrogens is 264 g/mol. The molecule has 0 aromatic heterocycles. The fourth-order valence-electron chi connectivity index (χ4n) is 3.11. The van der Waals surface area contributed by atoms with Crippen LogP contribution in [0.5, 0.6) is 0 Å². The molecule has 0 bridgehead atoms. The van der Waals surface area contributed by atoms with Crippen LogP contribution in [-0.2, 0) is 14.8 Å². The standard InChI is InChI=1S/C13H22N2O3S/c16-11-14-13-9-5-2-6-10-15(13)19(17,18)12-7-3-1-4-8-12/h12-13H,1-10H2. The normalized spacial score (nSPS) is 27.5. The van der Waals surface area contributed by atoms with Gasteiger partial charge in [-0.3, -0.25) is 0 Å². The summed E-state index contributed by atoms with van der Waals surface area (Å²) in [6, 6.07) is 0. The molecule has 2 rings (SSSR count). The van der Waals surface area contributed by atoms with Gasteiger partial charge in [-0.1, -0.05) is 25.7 Å². The molecule has 0 aromatic carbocycles. The maximum absolute atomic E-state index is 12.7. The van der Waals surface area contributed by atoms with Crippen molar-refractivity contribution < 1.29 is 13.2 Å². The monoisotopic (exact) mass is 286 g/mol. The van der Waals surface area contributed by atoms with Crippen molar-refractivity contribution in [1.82, 2.24) is 4.31 Å². The zero-order valence-corrected chi connectivity index (χ0v) is 12.1. The Kier molecular flexibility index (Phi) is 5.13. The van der Waals surface area contributed by atoms with Gasteiger partial charge >= 0.3 is 0 Å². The fraction of sp³-hybridized carbons (Fsp3) is 0.923. The van der Waals surface area contributed by atoms with E-state index in [9.17, 15) is 13.2 Å². The molecule has 108 valence electrons. The minimum absolute atomic E-state index is 0.274. The van der Waals surface area contributed by atoms with Crippen LogP contribution in [0.15, 0.2) is 4.99 Å². The first-order valence-corrected chi connectivity index (χ1v) is 8.74. The number of rotatable bonds is 3. The molecule has 0 aromatic rings. The molecule has 1 saturated heterocycles. The Labute approximate surface area is 115 Å². The summed E-state index contributed by atoms with van der Waals surface area (Å²) in [4.78, 5) is 14.2. The van der Waals surface area contributed by atoms with Gasteiger partial charge in [0.15, 0.2) is 0 Å². The van der Waals surface area contributed by atoms with Gasteiger partial charge in [0.05, 0.1) is 5.25 Å². The van der Waals surface area contributed by atoms with E-state index in [1.54, 1.807) is 0 Å². The minimum atomic E-state index is -3.32. The first-order valence-electron chi connectivity index (χ1n) is 7.24. The van der Waals surface area contributed by atoms with E-state index in [0.717, 1.165) is 51.4 Å². The van der Waals surface area contributed by atoms with Crippen molar-refractivity contribution in [2.45, 2.75) is 69.2 Å². The fourth-order valence-corrected chi connectivity index (χ4v) is 5.29. The zero-order valence-electron chi connectivity index (χ0n) is 11.3. The third-order valence-corrected chi connectivity index (χ3v) is 6.57. The predicted molar refractivity (Wildman–Crippen MR) is 72.9 cm³/mol. The van der Waals surface area contributed by atoms with E-state index in [1.807, 2.05) is 0 Å². The van der Waals surface area contributed by atoms with Crippen molar-refractivity contribution in [1.29, 1.82) is 0 Å². The molecule has 0 amide bonds. The van der Waals surface area contributed by atoms with Crippen LogP contribution in [0.25, 0.3) is 0 Å². The van der Waals surface area contributed by atoms with Crippen LogP contribution in [-0.4, -0.2) is 36.8 Å². The third kappa shape index (κ3) is 3.44. The molecule has 0 N–H and O–H groups in total. The van der Waals surface area contributed by atoms with Gasteiger partial charge in [0, 0.05) is 6.54 Å². The Balaban J connectivity index is 2.21. The summed E-state index contributed by atoms with van der Waals surface area (Å²) in [5.74, 6) is 0. The largest absolute Gasteiger partial charge is 0.236 e. The number of sulfonamides is 1. The molecular formula is C13H22N2O3S. The van der Waals surface area contributed by atoms with Crippen LogP contribution >= 0.6 is 0 Å². The predicted octanol–water partition coefficient (Wildman–Crippen LogP) is 2.19. The highest BCUT2D eigenvalue weighted by atomic mass is 32.2. The molecule has 6 heteroatoms. The number of hydrogen-bond donors (Lipinski definition) is 0. The summed E-state index contributed by atoms with van der Waals surface area (Å²) in [6.07, 6.45) is 9.03. The first-order chi connectivity index (χ1) is 9.16. The number of isocyanates is 1. The minimum Gasteiger partial charge on any atom is -0.212 e. The maximum Gasteiger partial charge on any atom is 0.236 e. The summed E-state index contributed by atoms with van der Waals surface area (Å²) >= 11 is 0. The molecule has 5 nitrogen and oxygen atoms in total. The van der Waals surface area contributed by atoms with E-state index >= 15 is 0 Å². The number of aliphatic imine (C=N–C) groups is 1. The topological polar surface area (TPSA) is 66.8 Å². The average Bonchev–Trinajstić information content (AvgIpc) is 2.66. The quantitative estimate of drug-likeness (QED) is 0.590. The Morgan fingerprint density at radius 3 is 2.26 bits per heavy atom. The number of carbonyl (C=O) groups excluding carboxylic acids is 1. The van der Waals surface area contributed by atoms with E-state index < -0.39 is 16.2 Å². The lowest BCUT2D eigenvalue weighted by molar-refractivity contribution is 0.319. The third-order valence-electron chi connectivity index (χ3n) is 4.18. The number of hydrogen-bond acceptors (Lipinski definition) is 4. The van der Waals surface area contributed by atoms with E-state index in [0.29, 0.717) is 13.0 Å². The molecule has 2 aliphatic rings. The molecule has 1 aliphatic carbocycles. The Bertz CT molecular complexity index is 437. The Morgan fingerprint density at radius 2 is 1.58 bits per heavy atom. The summed E-state index contributed by atoms with van der Waals surface area (Å²) in [6.45, 7) is 0.495. The van der Waals surface area contributed by atoms with Gasteiger partial charge in [-0.25, -0.2) is 13.2 Å². The SMILES string of the molecule is O=C=NC1CCCCCN1S(=O)(=O)C1CCCCC1. The molecule has 1 saturated carbocycles. The zero-order chi connectivity index (χ0) is 13.7. The lowest BCUT2D eigenvalue weighted by atomic mass is 10.0. The summed E-state index contributed by atoms with van der Waals surface area (Å²) < 4.78 is 26.9. The highest BCUT2D eigenvalue weighted by molar-refractivity contribution is 7.89. The van der Waals surface area contributed by atoms with Gasteiger partial charge in [0.1, 0.15) is 6.17 Å². The van der Waals surface area contributed by atoms with Crippen molar-refractivity contribution in [3.63, 3.8) is 0 Å². The van der Waals surface area contributed by atoms with Gasteiger partial charge in [-0.05, 0) is 32.1 Å². The van der Waals surface area contributed by atoms with Crippen molar-refractivity contribution in [3.05, 3.63) is 0 Å². The van der Waals surface area contributed by atoms with Gasteiger partial charge in [-0.2, -0.15) is 9.30 Å². The van der Waals surface area contributed by atoms with E-state index in [-0.39, 0.29) is 5.25 Å². The second-order valence-corrected chi connectivity index (χ2v) is 7.63. The lowest BCUT2D eigenvalue weighted by Gasteiger charge is -2.31. The Hall–Kier alpha value is -0.710. The smallest absolute Gasteiger partial charge is 0.212 e. The van der Waals surface area contributed by atoms with Crippen molar-refractivity contribution in [2.24, 2.45) is 4.99 Å². The molecule has 2 fully saturated rings. The highest BCUT2D eigenvalue weighted by Crippen LogP contribution is 2.30. The van der Waals surface area contributed by atoms with Crippen molar-refractivity contribution in [2.75, 3.05) is 6.54 Å². The van der Waals surface area contributed by atoms with Gasteiger partial charge in [0.25, 0.3) is 0 Å².